The molecule has 162 valence electrons. The van der Waals surface area contributed by atoms with E-state index in [1.165, 1.54) is 4.68 Å². The third kappa shape index (κ3) is 4.03. The molecule has 32 heavy (non-hydrogen) atoms. The number of hydrogen-bond acceptors (Lipinski definition) is 5. The molecule has 0 bridgehead atoms. The third-order valence-electron chi connectivity index (χ3n) is 5.74. The van der Waals surface area contributed by atoms with Crippen LogP contribution < -0.4 is 5.56 Å². The second-order valence-corrected chi connectivity index (χ2v) is 8.35. The molecule has 7 nitrogen and oxygen atoms in total. The van der Waals surface area contributed by atoms with Crippen LogP contribution in [0.2, 0.25) is 5.02 Å². The minimum atomic E-state index is -0.271. The van der Waals surface area contributed by atoms with Crippen molar-refractivity contribution in [2.45, 2.75) is 31.8 Å². The van der Waals surface area contributed by atoms with Gasteiger partial charge in [0.2, 0.25) is 11.8 Å². The number of carbonyl (C=O) groups is 1. The van der Waals surface area contributed by atoms with Crippen molar-refractivity contribution in [3.63, 3.8) is 0 Å². The second-order valence-electron chi connectivity index (χ2n) is 7.91. The maximum absolute atomic E-state index is 13.1. The number of rotatable bonds is 5. The van der Waals surface area contributed by atoms with Gasteiger partial charge < -0.3 is 9.32 Å². The van der Waals surface area contributed by atoms with Crippen molar-refractivity contribution in [3.8, 4) is 0 Å². The number of benzene rings is 2. The van der Waals surface area contributed by atoms with E-state index in [1.807, 2.05) is 36.4 Å². The molecule has 1 atom stereocenters. The van der Waals surface area contributed by atoms with Crippen LogP contribution in [0.1, 0.15) is 36.1 Å². The summed E-state index contributed by atoms with van der Waals surface area (Å²) in [6.07, 6.45) is 5.50. The zero-order valence-corrected chi connectivity index (χ0v) is 18.0. The van der Waals surface area contributed by atoms with Crippen LogP contribution in [-0.4, -0.2) is 32.1 Å². The summed E-state index contributed by atoms with van der Waals surface area (Å²) in [6, 6.07) is 14.6. The van der Waals surface area contributed by atoms with E-state index in [-0.39, 0.29) is 24.1 Å². The third-order valence-corrected chi connectivity index (χ3v) is 5.98. The van der Waals surface area contributed by atoms with Gasteiger partial charge in [-0.1, -0.05) is 41.9 Å². The fourth-order valence-electron chi connectivity index (χ4n) is 4.19. The van der Waals surface area contributed by atoms with Crippen molar-refractivity contribution < 1.29 is 9.21 Å². The van der Waals surface area contributed by atoms with Crippen LogP contribution in [-0.2, 0) is 17.8 Å². The number of likely N-dealkylation sites (tertiary alicyclic amines) is 1. The summed E-state index contributed by atoms with van der Waals surface area (Å²) in [7, 11) is 0. The summed E-state index contributed by atoms with van der Waals surface area (Å²) < 4.78 is 7.21. The van der Waals surface area contributed by atoms with Gasteiger partial charge in [0.25, 0.3) is 5.56 Å². The summed E-state index contributed by atoms with van der Waals surface area (Å²) in [4.78, 5) is 32.0. The number of aromatic nitrogens is 3. The largest absolute Gasteiger partial charge is 0.443 e. The topological polar surface area (TPSA) is 81.2 Å². The lowest BCUT2D eigenvalue weighted by atomic mass is 10.1. The van der Waals surface area contributed by atoms with E-state index in [2.05, 4.69) is 10.1 Å². The van der Waals surface area contributed by atoms with Gasteiger partial charge in [0.05, 0.1) is 17.8 Å². The molecular formula is C24H21ClN4O3. The fourth-order valence-corrected chi connectivity index (χ4v) is 4.40. The Kier molecular flexibility index (Phi) is 5.49. The molecule has 1 unspecified atom stereocenters. The minimum Gasteiger partial charge on any atom is -0.443 e. The van der Waals surface area contributed by atoms with Gasteiger partial charge in [-0.05, 0) is 36.6 Å². The lowest BCUT2D eigenvalue weighted by molar-refractivity contribution is -0.133. The molecule has 0 N–H and O–H groups in total. The molecule has 1 aliphatic rings. The highest BCUT2D eigenvalue weighted by atomic mass is 35.5. The van der Waals surface area contributed by atoms with Gasteiger partial charge in [0, 0.05) is 23.4 Å². The highest BCUT2D eigenvalue weighted by molar-refractivity contribution is 6.30. The lowest BCUT2D eigenvalue weighted by Crippen LogP contribution is -2.37. The molecule has 1 aliphatic heterocycles. The quantitative estimate of drug-likeness (QED) is 0.461. The average Bonchev–Trinajstić information content (AvgIpc) is 3.45. The molecule has 0 saturated carbocycles. The van der Waals surface area contributed by atoms with E-state index in [9.17, 15) is 9.59 Å². The molecule has 1 fully saturated rings. The molecule has 0 aliphatic carbocycles. The lowest BCUT2D eigenvalue weighted by Gasteiger charge is -2.22. The van der Waals surface area contributed by atoms with Crippen molar-refractivity contribution in [3.05, 3.63) is 93.5 Å². The van der Waals surface area contributed by atoms with Crippen molar-refractivity contribution in [1.82, 2.24) is 19.7 Å². The number of amides is 1. The molecule has 0 radical (unpaired) electrons. The zero-order valence-electron chi connectivity index (χ0n) is 17.3. The van der Waals surface area contributed by atoms with Crippen LogP contribution in [0.15, 0.2) is 70.1 Å². The van der Waals surface area contributed by atoms with Crippen molar-refractivity contribution in [2.75, 3.05) is 6.54 Å². The molecule has 1 saturated heterocycles. The molecule has 0 spiro atoms. The number of oxazole rings is 1. The Bertz CT molecular complexity index is 1350. The highest BCUT2D eigenvalue weighted by Gasteiger charge is 2.33. The Hall–Kier alpha value is -3.45. The molecule has 2 aromatic heterocycles. The van der Waals surface area contributed by atoms with Gasteiger partial charge in [-0.25, -0.2) is 9.67 Å². The summed E-state index contributed by atoms with van der Waals surface area (Å²) >= 11 is 6.06. The Morgan fingerprint density at radius 1 is 1.16 bits per heavy atom. The van der Waals surface area contributed by atoms with Crippen molar-refractivity contribution in [2.24, 2.45) is 0 Å². The van der Waals surface area contributed by atoms with Crippen LogP contribution in [0, 0.1) is 0 Å². The minimum absolute atomic E-state index is 0.115. The van der Waals surface area contributed by atoms with Gasteiger partial charge >= 0.3 is 0 Å². The Labute approximate surface area is 189 Å². The number of halogens is 1. The molecular weight excluding hydrogens is 428 g/mol. The Morgan fingerprint density at radius 2 is 2.03 bits per heavy atom. The van der Waals surface area contributed by atoms with Crippen LogP contribution in [0.3, 0.4) is 0 Å². The number of carbonyl (C=O) groups excluding carboxylic acids is 1. The first-order valence-electron chi connectivity index (χ1n) is 10.5. The van der Waals surface area contributed by atoms with Crippen molar-refractivity contribution in [1.29, 1.82) is 0 Å². The molecule has 4 aromatic rings. The molecule has 5 rings (SSSR count). The molecule has 2 aromatic carbocycles. The SMILES string of the molecule is O=C(Cn1ncc2ccccc2c1=O)N1CCCC1c1ncc(Cc2cccc(Cl)c2)o1. The van der Waals surface area contributed by atoms with Crippen LogP contribution in [0.25, 0.3) is 10.8 Å². The first kappa shape index (κ1) is 20.5. The average molecular weight is 449 g/mol. The van der Waals surface area contributed by atoms with E-state index in [1.54, 1.807) is 29.4 Å². The summed E-state index contributed by atoms with van der Waals surface area (Å²) in [5.74, 6) is 1.06. The van der Waals surface area contributed by atoms with E-state index in [0.717, 1.165) is 23.8 Å². The zero-order chi connectivity index (χ0) is 22.1. The van der Waals surface area contributed by atoms with Crippen LogP contribution in [0.4, 0.5) is 0 Å². The van der Waals surface area contributed by atoms with Gasteiger partial charge in [0.1, 0.15) is 18.3 Å². The van der Waals surface area contributed by atoms with E-state index in [4.69, 9.17) is 16.0 Å². The standard InChI is InChI=1S/C24H21ClN4O3/c25-18-7-3-5-16(11-18)12-19-14-26-23(32-19)21-9-4-10-28(21)22(30)15-29-24(31)20-8-2-1-6-17(20)13-27-29/h1-3,5-8,11,13-14,21H,4,9-10,12,15H2. The van der Waals surface area contributed by atoms with Crippen LogP contribution in [0.5, 0.6) is 0 Å². The van der Waals surface area contributed by atoms with Gasteiger partial charge in [0.15, 0.2) is 0 Å². The van der Waals surface area contributed by atoms with E-state index >= 15 is 0 Å². The molecule has 3 heterocycles. The molecule has 1 amide bonds. The first-order valence-corrected chi connectivity index (χ1v) is 10.9. The smallest absolute Gasteiger partial charge is 0.275 e. The van der Waals surface area contributed by atoms with E-state index in [0.29, 0.717) is 35.0 Å². The fraction of sp³-hybridized carbons (Fsp3) is 0.250. The predicted molar refractivity (Wildman–Crippen MR) is 120 cm³/mol. The normalized spacial score (nSPS) is 16.0. The number of hydrogen-bond donors (Lipinski definition) is 0. The maximum Gasteiger partial charge on any atom is 0.275 e. The summed E-state index contributed by atoms with van der Waals surface area (Å²) in [5.41, 5.74) is 0.758. The van der Waals surface area contributed by atoms with Gasteiger partial charge in [-0.15, -0.1) is 0 Å². The predicted octanol–water partition coefficient (Wildman–Crippen LogP) is 3.99. The second kappa shape index (κ2) is 8.59. The van der Waals surface area contributed by atoms with E-state index < -0.39 is 0 Å². The first-order chi connectivity index (χ1) is 15.6. The van der Waals surface area contributed by atoms with Gasteiger partial charge in [-0.3, -0.25) is 9.59 Å². The highest BCUT2D eigenvalue weighted by Crippen LogP contribution is 2.32. The monoisotopic (exact) mass is 448 g/mol. The van der Waals surface area contributed by atoms with Crippen molar-refractivity contribution >= 4 is 28.3 Å². The van der Waals surface area contributed by atoms with Gasteiger partial charge in [-0.2, -0.15) is 5.10 Å². The number of fused-ring (bicyclic) bond motifs is 1. The Morgan fingerprint density at radius 3 is 2.91 bits per heavy atom. The maximum atomic E-state index is 13.1. The van der Waals surface area contributed by atoms with Crippen LogP contribution >= 0.6 is 11.6 Å². The number of nitrogens with zero attached hydrogens (tertiary/aromatic N) is 4. The Balaban J connectivity index is 1.33. The molecule has 8 heteroatoms. The summed E-state index contributed by atoms with van der Waals surface area (Å²) in [5, 5.41) is 6.16. The summed E-state index contributed by atoms with van der Waals surface area (Å²) in [6.45, 7) is 0.480.